The molecule has 6 nitrogen and oxygen atoms in total. The van der Waals surface area contributed by atoms with Crippen molar-refractivity contribution in [2.24, 2.45) is 0 Å². The molecule has 2 heterocycles. The highest BCUT2D eigenvalue weighted by Gasteiger charge is 2.26. The normalized spacial score (nSPS) is 13.6. The number of unbranched alkanes of at least 4 members (excludes halogenated alkanes) is 3. The topological polar surface area (TPSA) is 74.6 Å². The van der Waals surface area contributed by atoms with Crippen LogP contribution in [0.4, 0.5) is 0 Å². The van der Waals surface area contributed by atoms with Crippen molar-refractivity contribution in [2.75, 3.05) is 6.54 Å². The third-order valence-electron chi connectivity index (χ3n) is 5.69. The van der Waals surface area contributed by atoms with E-state index < -0.39 is 0 Å². The first kappa shape index (κ1) is 21.8. The molecule has 1 aliphatic rings. The Morgan fingerprint density at radius 3 is 2.66 bits per heavy atom. The van der Waals surface area contributed by atoms with E-state index in [0.29, 0.717) is 19.4 Å². The molecule has 0 bridgehead atoms. The van der Waals surface area contributed by atoms with Crippen LogP contribution in [0.5, 0.6) is 0 Å². The monoisotopic (exact) mass is 463 g/mol. The van der Waals surface area contributed by atoms with Gasteiger partial charge in [-0.15, -0.1) is 0 Å². The van der Waals surface area contributed by atoms with E-state index in [1.807, 2.05) is 4.90 Å². The molecule has 0 atom stereocenters. The minimum atomic E-state index is -0.348. The number of nitrogens with one attached hydrogen (secondary N) is 1. The van der Waals surface area contributed by atoms with Crippen molar-refractivity contribution in [1.29, 1.82) is 0 Å². The molecule has 7 heteroatoms. The SMILES string of the molecule is CCCn1c2c(c3cc(Br)ccc31)CN(C(=O)CCCCCCC(=O)NO)CC2. The molecule has 2 aromatic rings. The van der Waals surface area contributed by atoms with Crippen LogP contribution in [-0.4, -0.2) is 33.0 Å². The summed E-state index contributed by atoms with van der Waals surface area (Å²) in [5.41, 5.74) is 5.59. The molecule has 1 aliphatic heterocycles. The van der Waals surface area contributed by atoms with Crippen molar-refractivity contribution >= 4 is 38.6 Å². The fourth-order valence-electron chi connectivity index (χ4n) is 4.24. The van der Waals surface area contributed by atoms with Crippen LogP contribution in [0.3, 0.4) is 0 Å². The van der Waals surface area contributed by atoms with E-state index in [1.165, 1.54) is 22.2 Å². The maximum absolute atomic E-state index is 12.7. The molecule has 0 unspecified atom stereocenters. The number of fused-ring (bicyclic) bond motifs is 3. The number of hydrogen-bond acceptors (Lipinski definition) is 3. The van der Waals surface area contributed by atoms with Gasteiger partial charge in [-0.05, 0) is 37.5 Å². The zero-order valence-corrected chi connectivity index (χ0v) is 18.6. The summed E-state index contributed by atoms with van der Waals surface area (Å²) in [4.78, 5) is 25.7. The Balaban J connectivity index is 1.59. The van der Waals surface area contributed by atoms with E-state index in [0.717, 1.165) is 56.1 Å². The number of hydroxylamine groups is 1. The molecule has 0 saturated carbocycles. The summed E-state index contributed by atoms with van der Waals surface area (Å²) in [5.74, 6) is -0.130. The minimum absolute atomic E-state index is 0.218. The highest BCUT2D eigenvalue weighted by molar-refractivity contribution is 9.10. The predicted molar refractivity (Wildman–Crippen MR) is 117 cm³/mol. The maximum atomic E-state index is 12.7. The third kappa shape index (κ3) is 5.20. The van der Waals surface area contributed by atoms with E-state index in [4.69, 9.17) is 5.21 Å². The van der Waals surface area contributed by atoms with Gasteiger partial charge in [0.1, 0.15) is 0 Å². The largest absolute Gasteiger partial charge is 0.344 e. The molecule has 0 fully saturated rings. The Kier molecular flexibility index (Phi) is 7.72. The van der Waals surface area contributed by atoms with Crippen molar-refractivity contribution in [3.63, 3.8) is 0 Å². The quantitative estimate of drug-likeness (QED) is 0.325. The number of aromatic nitrogens is 1. The summed E-state index contributed by atoms with van der Waals surface area (Å²) in [6, 6.07) is 6.44. The molecule has 3 rings (SSSR count). The van der Waals surface area contributed by atoms with E-state index in [2.05, 4.69) is 45.6 Å². The molecule has 2 amide bonds. The van der Waals surface area contributed by atoms with Crippen LogP contribution in [0, 0.1) is 0 Å². The number of halogens is 1. The van der Waals surface area contributed by atoms with Gasteiger partial charge in [-0.25, -0.2) is 5.48 Å². The number of benzene rings is 1. The van der Waals surface area contributed by atoms with Crippen LogP contribution in [0.2, 0.25) is 0 Å². The van der Waals surface area contributed by atoms with Crippen molar-refractivity contribution in [1.82, 2.24) is 14.9 Å². The summed E-state index contributed by atoms with van der Waals surface area (Å²) in [7, 11) is 0. The Hall–Kier alpha value is -1.86. The Morgan fingerprint density at radius 2 is 1.93 bits per heavy atom. The van der Waals surface area contributed by atoms with Gasteiger partial charge in [-0.1, -0.05) is 35.7 Å². The van der Waals surface area contributed by atoms with Gasteiger partial charge in [0.25, 0.3) is 0 Å². The molecule has 2 N–H and O–H groups in total. The first-order chi connectivity index (χ1) is 14.0. The predicted octanol–water partition coefficient (Wildman–Crippen LogP) is 4.54. The molecule has 0 radical (unpaired) electrons. The third-order valence-corrected chi connectivity index (χ3v) is 6.18. The summed E-state index contributed by atoms with van der Waals surface area (Å²) >= 11 is 3.59. The molecule has 158 valence electrons. The van der Waals surface area contributed by atoms with Crippen LogP contribution in [-0.2, 0) is 29.1 Å². The van der Waals surface area contributed by atoms with Gasteiger partial charge >= 0.3 is 0 Å². The molecule has 0 saturated heterocycles. The summed E-state index contributed by atoms with van der Waals surface area (Å²) in [6.45, 7) is 4.68. The van der Waals surface area contributed by atoms with Crippen molar-refractivity contribution < 1.29 is 14.8 Å². The van der Waals surface area contributed by atoms with Crippen LogP contribution in [0.25, 0.3) is 10.9 Å². The van der Waals surface area contributed by atoms with E-state index in [-0.39, 0.29) is 11.8 Å². The number of carbonyl (C=O) groups is 2. The highest BCUT2D eigenvalue weighted by atomic mass is 79.9. The number of amides is 2. The summed E-state index contributed by atoms with van der Waals surface area (Å²) in [6.07, 6.45) is 6.27. The highest BCUT2D eigenvalue weighted by Crippen LogP contribution is 2.33. The molecule has 0 spiro atoms. The van der Waals surface area contributed by atoms with Gasteiger partial charge in [-0.2, -0.15) is 0 Å². The number of carbonyl (C=O) groups excluding carboxylic acids is 2. The van der Waals surface area contributed by atoms with Crippen LogP contribution < -0.4 is 5.48 Å². The number of hydrogen-bond donors (Lipinski definition) is 2. The fourth-order valence-corrected chi connectivity index (χ4v) is 4.60. The number of nitrogens with zero attached hydrogens (tertiary/aromatic N) is 2. The lowest BCUT2D eigenvalue weighted by molar-refractivity contribution is -0.132. The Bertz CT molecular complexity index is 878. The second kappa shape index (κ2) is 10.3. The van der Waals surface area contributed by atoms with Crippen molar-refractivity contribution in [3.8, 4) is 0 Å². The van der Waals surface area contributed by atoms with Gasteiger partial charge in [0.05, 0.1) is 0 Å². The lowest BCUT2D eigenvalue weighted by atomic mass is 10.0. The first-order valence-corrected chi connectivity index (χ1v) is 11.3. The second-order valence-electron chi connectivity index (χ2n) is 7.75. The van der Waals surface area contributed by atoms with Gasteiger partial charge in [0.2, 0.25) is 11.8 Å². The van der Waals surface area contributed by atoms with Gasteiger partial charge in [0.15, 0.2) is 0 Å². The summed E-state index contributed by atoms with van der Waals surface area (Å²) < 4.78 is 3.50. The Labute approximate surface area is 180 Å². The lowest BCUT2D eigenvalue weighted by Crippen LogP contribution is -2.36. The van der Waals surface area contributed by atoms with Gasteiger partial charge in [0, 0.05) is 65.5 Å². The van der Waals surface area contributed by atoms with Crippen LogP contribution >= 0.6 is 15.9 Å². The first-order valence-electron chi connectivity index (χ1n) is 10.5. The van der Waals surface area contributed by atoms with Gasteiger partial charge < -0.3 is 9.47 Å². The zero-order chi connectivity index (χ0) is 20.8. The van der Waals surface area contributed by atoms with E-state index >= 15 is 0 Å². The lowest BCUT2D eigenvalue weighted by Gasteiger charge is -2.28. The Morgan fingerprint density at radius 1 is 1.17 bits per heavy atom. The average Bonchev–Trinajstić information content (AvgIpc) is 3.02. The minimum Gasteiger partial charge on any atom is -0.344 e. The molecule has 0 aliphatic carbocycles. The molecule has 1 aromatic heterocycles. The van der Waals surface area contributed by atoms with Crippen molar-refractivity contribution in [3.05, 3.63) is 33.9 Å². The van der Waals surface area contributed by atoms with Gasteiger partial charge in [-0.3, -0.25) is 14.8 Å². The molecule has 29 heavy (non-hydrogen) atoms. The molecular formula is C22H30BrN3O3. The van der Waals surface area contributed by atoms with E-state index in [1.54, 1.807) is 5.48 Å². The zero-order valence-electron chi connectivity index (χ0n) is 17.0. The van der Waals surface area contributed by atoms with Crippen LogP contribution in [0.15, 0.2) is 22.7 Å². The number of rotatable bonds is 9. The molecule has 1 aromatic carbocycles. The fraction of sp³-hybridized carbons (Fsp3) is 0.545. The van der Waals surface area contributed by atoms with Crippen molar-refractivity contribution in [2.45, 2.75) is 71.4 Å². The number of aryl methyl sites for hydroxylation is 1. The maximum Gasteiger partial charge on any atom is 0.243 e. The average molecular weight is 464 g/mol. The van der Waals surface area contributed by atoms with E-state index in [9.17, 15) is 9.59 Å². The summed E-state index contributed by atoms with van der Waals surface area (Å²) in [5, 5.41) is 9.74. The second-order valence-corrected chi connectivity index (χ2v) is 8.67. The standard InChI is InChI=1S/C22H30BrN3O3/c1-2-12-26-19-10-9-16(23)14-17(19)18-15-25(13-11-20(18)26)22(28)8-6-4-3-5-7-21(27)24-29/h9-10,14,29H,2-8,11-13,15H2,1H3,(H,24,27). The smallest absolute Gasteiger partial charge is 0.243 e. The molecular weight excluding hydrogens is 434 g/mol. The van der Waals surface area contributed by atoms with Crippen LogP contribution in [0.1, 0.15) is 63.1 Å².